The normalized spacial score (nSPS) is 12.2. The molecule has 6 heavy (non-hydrogen) atoms. The minimum atomic E-state index is 0.626. The third-order valence-electron chi connectivity index (χ3n) is 0.335. The van der Waals surface area contributed by atoms with E-state index in [0.717, 1.165) is 4.66 Å². The zero-order valence-corrected chi connectivity index (χ0v) is 5.85. The van der Waals surface area contributed by atoms with Crippen LogP contribution in [0.5, 0.6) is 0 Å². The summed E-state index contributed by atoms with van der Waals surface area (Å²) in [6.45, 7) is 1.97. The Morgan fingerprint density at radius 1 is 1.83 bits per heavy atom. The highest BCUT2D eigenvalue weighted by atomic mass is 35.5. The minimum absolute atomic E-state index is 0.626. The smallest absolute Gasteiger partial charge is 0.0939 e. The Labute approximate surface area is 50.0 Å². The summed E-state index contributed by atoms with van der Waals surface area (Å²) in [5.41, 5.74) is 1.39. The van der Waals surface area contributed by atoms with Gasteiger partial charge in [-0.1, -0.05) is 29.7 Å². The minimum Gasteiger partial charge on any atom is -0.0939 e. The molecular formula is C3H4Cl2Si. The van der Waals surface area contributed by atoms with Crippen molar-refractivity contribution in [3.8, 4) is 0 Å². The van der Waals surface area contributed by atoms with E-state index < -0.39 is 0 Å². The van der Waals surface area contributed by atoms with E-state index in [2.05, 4.69) is 0 Å². The van der Waals surface area contributed by atoms with E-state index in [4.69, 9.17) is 23.2 Å². The molecular weight excluding hydrogens is 135 g/mol. The topological polar surface area (TPSA) is 0 Å². The van der Waals surface area contributed by atoms with Gasteiger partial charge in [-0.2, -0.15) is 0 Å². The summed E-state index contributed by atoms with van der Waals surface area (Å²) in [7, 11) is 0.626. The maximum Gasteiger partial charge on any atom is 0.0949 e. The predicted molar refractivity (Wildman–Crippen MR) is 31.4 cm³/mol. The van der Waals surface area contributed by atoms with Crippen molar-refractivity contribution in [2.45, 2.75) is 6.55 Å². The summed E-state index contributed by atoms with van der Waals surface area (Å²) in [4.78, 5) is 0. The van der Waals surface area contributed by atoms with Gasteiger partial charge in [0, 0.05) is 10.2 Å². The second-order valence-electron chi connectivity index (χ2n) is 0.707. The zero-order chi connectivity index (χ0) is 4.99. The van der Waals surface area contributed by atoms with Crippen LogP contribution in [0.2, 0.25) is 6.55 Å². The molecule has 0 N–H and O–H groups in total. The highest BCUT2D eigenvalue weighted by molar-refractivity contribution is 6.64. The summed E-state index contributed by atoms with van der Waals surface area (Å²) in [5.74, 6) is 0. The van der Waals surface area contributed by atoms with Crippen LogP contribution in [0.4, 0.5) is 0 Å². The van der Waals surface area contributed by atoms with Crippen molar-refractivity contribution < 1.29 is 0 Å². The molecule has 0 bridgehead atoms. The molecule has 0 spiro atoms. The average Bonchev–Trinajstić information content (AvgIpc) is 1.65. The monoisotopic (exact) mass is 138 g/mol. The van der Waals surface area contributed by atoms with Crippen LogP contribution < -0.4 is 0 Å². The molecule has 0 saturated carbocycles. The van der Waals surface area contributed by atoms with E-state index in [1.165, 1.54) is 5.54 Å². The average molecular weight is 139 g/mol. The van der Waals surface area contributed by atoms with Crippen molar-refractivity contribution >= 4 is 32.7 Å². The Balaban J connectivity index is 3.22. The highest BCUT2D eigenvalue weighted by Gasteiger charge is 1.80. The number of hydrogen-bond donors (Lipinski definition) is 0. The quantitative estimate of drug-likeness (QED) is 0.487. The Morgan fingerprint density at radius 3 is 2.33 bits per heavy atom. The first-order valence-electron chi connectivity index (χ1n) is 1.45. The molecule has 0 nitrogen and oxygen atoms in total. The maximum atomic E-state index is 5.39. The lowest BCUT2D eigenvalue weighted by atomic mass is 11.2. The van der Waals surface area contributed by atoms with Gasteiger partial charge in [0.1, 0.15) is 0 Å². The lowest BCUT2D eigenvalue weighted by Crippen LogP contribution is -1.75. The summed E-state index contributed by atoms with van der Waals surface area (Å²) in [6, 6.07) is 0. The molecule has 0 unspecified atom stereocenters. The van der Waals surface area contributed by atoms with E-state index in [1.807, 2.05) is 6.55 Å². The SMILES string of the molecule is C[Si]/C(Cl)=C\Cl. The van der Waals surface area contributed by atoms with Crippen LogP contribution in [-0.2, 0) is 0 Å². The molecule has 0 saturated heterocycles. The molecule has 2 radical (unpaired) electrons. The molecule has 0 atom stereocenters. The zero-order valence-electron chi connectivity index (χ0n) is 3.33. The Bertz CT molecular complexity index is 59.8. The summed E-state index contributed by atoms with van der Waals surface area (Å²) < 4.78 is 0.733. The van der Waals surface area contributed by atoms with E-state index >= 15 is 0 Å². The Hall–Kier alpha value is 0.537. The number of halogens is 2. The van der Waals surface area contributed by atoms with Crippen LogP contribution in [0.1, 0.15) is 0 Å². The van der Waals surface area contributed by atoms with Crippen LogP contribution in [0, 0.1) is 0 Å². The van der Waals surface area contributed by atoms with Crippen LogP contribution in [0.15, 0.2) is 10.2 Å². The molecule has 0 aliphatic heterocycles. The van der Waals surface area contributed by atoms with Crippen molar-refractivity contribution in [2.75, 3.05) is 0 Å². The third-order valence-corrected chi connectivity index (χ3v) is 2.15. The van der Waals surface area contributed by atoms with Crippen molar-refractivity contribution in [1.82, 2.24) is 0 Å². The summed E-state index contributed by atoms with van der Waals surface area (Å²) in [6.07, 6.45) is 0. The third kappa shape index (κ3) is 2.76. The van der Waals surface area contributed by atoms with Gasteiger partial charge in [0.25, 0.3) is 0 Å². The maximum absolute atomic E-state index is 5.39. The first kappa shape index (κ1) is 6.54. The Morgan fingerprint density at radius 2 is 2.33 bits per heavy atom. The molecule has 0 amide bonds. The van der Waals surface area contributed by atoms with Gasteiger partial charge in [-0.25, -0.2) is 0 Å². The van der Waals surface area contributed by atoms with E-state index in [0.29, 0.717) is 9.52 Å². The van der Waals surface area contributed by atoms with Gasteiger partial charge in [0.15, 0.2) is 0 Å². The first-order valence-corrected chi connectivity index (χ1v) is 3.76. The van der Waals surface area contributed by atoms with Crippen LogP contribution in [0.25, 0.3) is 0 Å². The van der Waals surface area contributed by atoms with Gasteiger partial charge in [0.05, 0.1) is 9.52 Å². The molecule has 0 heterocycles. The van der Waals surface area contributed by atoms with Gasteiger partial charge in [-0.15, -0.1) is 0 Å². The number of rotatable bonds is 1. The van der Waals surface area contributed by atoms with Crippen molar-refractivity contribution in [1.29, 1.82) is 0 Å². The van der Waals surface area contributed by atoms with Gasteiger partial charge in [-0.05, 0) is 0 Å². The highest BCUT2D eigenvalue weighted by Crippen LogP contribution is 1.98. The van der Waals surface area contributed by atoms with E-state index in [9.17, 15) is 0 Å². The van der Waals surface area contributed by atoms with E-state index in [-0.39, 0.29) is 0 Å². The van der Waals surface area contributed by atoms with Gasteiger partial charge >= 0.3 is 0 Å². The van der Waals surface area contributed by atoms with Gasteiger partial charge < -0.3 is 0 Å². The van der Waals surface area contributed by atoms with E-state index in [1.54, 1.807) is 0 Å². The molecule has 0 fully saturated rings. The molecule has 34 valence electrons. The largest absolute Gasteiger partial charge is 0.0949 e. The lowest BCUT2D eigenvalue weighted by Gasteiger charge is -1.78. The van der Waals surface area contributed by atoms with Crippen molar-refractivity contribution in [3.63, 3.8) is 0 Å². The molecule has 0 aromatic heterocycles. The van der Waals surface area contributed by atoms with Crippen molar-refractivity contribution in [3.05, 3.63) is 10.2 Å². The fraction of sp³-hybridized carbons (Fsp3) is 0.333. The first-order chi connectivity index (χ1) is 2.81. The van der Waals surface area contributed by atoms with Crippen LogP contribution in [0.3, 0.4) is 0 Å². The second-order valence-corrected chi connectivity index (χ2v) is 2.69. The summed E-state index contributed by atoms with van der Waals surface area (Å²) >= 11 is 10.6. The number of hydrogen-bond acceptors (Lipinski definition) is 0. The molecule has 0 aliphatic carbocycles. The Kier molecular flexibility index (Phi) is 4.05. The standard InChI is InChI=1S/C3H4Cl2Si/c1-6-3(5)2-4/h2H,1H3/b3-2-. The predicted octanol–water partition coefficient (Wildman–Crippen LogP) is 2.02. The van der Waals surface area contributed by atoms with Crippen LogP contribution in [-0.4, -0.2) is 9.52 Å². The van der Waals surface area contributed by atoms with Crippen molar-refractivity contribution in [2.24, 2.45) is 0 Å². The fourth-order valence-electron chi connectivity index (χ4n) is 0.0546. The van der Waals surface area contributed by atoms with Crippen LogP contribution >= 0.6 is 23.2 Å². The summed E-state index contributed by atoms with van der Waals surface area (Å²) in [5, 5.41) is 0. The molecule has 0 rings (SSSR count). The van der Waals surface area contributed by atoms with Gasteiger partial charge in [0.2, 0.25) is 0 Å². The fourth-order valence-corrected chi connectivity index (χ4v) is 0.491. The second kappa shape index (κ2) is 3.72. The lowest BCUT2D eigenvalue weighted by molar-refractivity contribution is 2.17. The van der Waals surface area contributed by atoms with Gasteiger partial charge in [-0.3, -0.25) is 0 Å². The molecule has 3 heteroatoms. The molecule has 0 aromatic carbocycles. The molecule has 0 aromatic rings. The molecule has 0 aliphatic rings.